The van der Waals surface area contributed by atoms with Crippen molar-refractivity contribution in [3.63, 3.8) is 0 Å². The lowest BCUT2D eigenvalue weighted by Crippen LogP contribution is -2.52. The molecule has 3 N–H and O–H groups in total. The van der Waals surface area contributed by atoms with E-state index in [1.54, 1.807) is 30.3 Å². The van der Waals surface area contributed by atoms with Crippen LogP contribution in [-0.2, 0) is 20.7 Å². The second kappa shape index (κ2) is 11.7. The molecule has 1 saturated carbocycles. The molecule has 196 valence electrons. The van der Waals surface area contributed by atoms with E-state index >= 15 is 0 Å². The van der Waals surface area contributed by atoms with Gasteiger partial charge in [-0.15, -0.1) is 0 Å². The van der Waals surface area contributed by atoms with E-state index in [0.29, 0.717) is 24.0 Å². The number of ether oxygens (including phenoxy) is 3. The first-order valence-electron chi connectivity index (χ1n) is 12.5. The van der Waals surface area contributed by atoms with Gasteiger partial charge in [0.25, 0.3) is 0 Å². The molecule has 0 unspecified atom stereocenters. The van der Waals surface area contributed by atoms with Crippen molar-refractivity contribution in [2.75, 3.05) is 27.4 Å². The third-order valence-electron chi connectivity index (χ3n) is 7.15. The number of rotatable bonds is 10. The van der Waals surface area contributed by atoms with Gasteiger partial charge >= 0.3 is 5.97 Å². The number of nitrogens with one attached hydrogen (secondary N) is 2. The molecule has 1 heterocycles. The molecule has 3 atom stereocenters. The molecule has 2 aliphatic rings. The van der Waals surface area contributed by atoms with Gasteiger partial charge in [-0.2, -0.15) is 5.26 Å². The SMILES string of the molecule is COCC(=O)N[C@@H](Cc1cccc(C#N)c1)[C@H](O)CN[C@H]1CC2(CCC2)Oc2ccc(C(=O)OC)cc21. The molecule has 2 aromatic carbocycles. The Bertz CT molecular complexity index is 1170. The van der Waals surface area contributed by atoms with Crippen LogP contribution in [0.4, 0.5) is 0 Å². The van der Waals surface area contributed by atoms with Gasteiger partial charge in [-0.05, 0) is 61.6 Å². The summed E-state index contributed by atoms with van der Waals surface area (Å²) in [7, 11) is 2.78. The minimum Gasteiger partial charge on any atom is -0.487 e. The molecule has 9 nitrogen and oxygen atoms in total. The van der Waals surface area contributed by atoms with Crippen molar-refractivity contribution >= 4 is 11.9 Å². The Balaban J connectivity index is 1.52. The van der Waals surface area contributed by atoms with E-state index < -0.39 is 18.1 Å². The zero-order valence-corrected chi connectivity index (χ0v) is 21.2. The van der Waals surface area contributed by atoms with Crippen LogP contribution in [0.25, 0.3) is 0 Å². The van der Waals surface area contributed by atoms with Gasteiger partial charge in [0.1, 0.15) is 18.0 Å². The van der Waals surface area contributed by atoms with Crippen LogP contribution in [0.3, 0.4) is 0 Å². The van der Waals surface area contributed by atoms with E-state index in [2.05, 4.69) is 16.7 Å². The average Bonchev–Trinajstić information content (AvgIpc) is 2.89. The average molecular weight is 508 g/mol. The summed E-state index contributed by atoms with van der Waals surface area (Å²) in [5, 5.41) is 26.7. The van der Waals surface area contributed by atoms with E-state index in [0.717, 1.165) is 36.1 Å². The van der Waals surface area contributed by atoms with E-state index in [-0.39, 0.29) is 30.7 Å². The number of esters is 1. The van der Waals surface area contributed by atoms with E-state index in [1.165, 1.54) is 14.2 Å². The third-order valence-corrected chi connectivity index (χ3v) is 7.15. The smallest absolute Gasteiger partial charge is 0.337 e. The quantitative estimate of drug-likeness (QED) is 0.418. The van der Waals surface area contributed by atoms with Crippen molar-refractivity contribution < 1.29 is 28.9 Å². The second-order valence-corrected chi connectivity index (χ2v) is 9.74. The number of methoxy groups -OCH3 is 2. The highest BCUT2D eigenvalue weighted by molar-refractivity contribution is 5.89. The van der Waals surface area contributed by atoms with Crippen LogP contribution in [0.5, 0.6) is 5.75 Å². The maximum atomic E-state index is 12.3. The number of nitrogens with zero attached hydrogens (tertiary/aromatic N) is 1. The number of aliphatic hydroxyl groups is 1. The fraction of sp³-hybridized carbons (Fsp3) is 0.464. The van der Waals surface area contributed by atoms with Gasteiger partial charge in [-0.25, -0.2) is 4.79 Å². The summed E-state index contributed by atoms with van der Waals surface area (Å²) in [5.41, 5.74) is 2.37. The molecule has 0 bridgehead atoms. The highest BCUT2D eigenvalue weighted by atomic mass is 16.5. The van der Waals surface area contributed by atoms with Crippen LogP contribution >= 0.6 is 0 Å². The number of benzene rings is 2. The topological polar surface area (TPSA) is 130 Å². The molecule has 37 heavy (non-hydrogen) atoms. The Morgan fingerprint density at radius 1 is 1.24 bits per heavy atom. The summed E-state index contributed by atoms with van der Waals surface area (Å²) in [6.07, 6.45) is 3.13. The van der Waals surface area contributed by atoms with Crippen LogP contribution in [0, 0.1) is 11.3 Å². The number of carbonyl (C=O) groups is 2. The van der Waals surface area contributed by atoms with Crippen LogP contribution in [0.1, 0.15) is 58.8 Å². The standard InChI is InChI=1S/C28H33N3O6/c1-35-17-26(33)31-22(12-18-5-3-6-19(11-18)15-29)24(32)16-30-23-14-28(9-4-10-28)37-25-8-7-20(13-21(23)25)27(34)36-2/h3,5-8,11,13,22-24,30,32H,4,9-10,12,14,16-17H2,1-2H3,(H,31,33)/t22-,23-,24+/m0/s1. The van der Waals surface area contributed by atoms with Gasteiger partial charge < -0.3 is 30.0 Å². The molecule has 0 saturated heterocycles. The minimum absolute atomic E-state index is 0.124. The highest BCUT2D eigenvalue weighted by Crippen LogP contribution is 2.49. The Hall–Kier alpha value is -3.45. The number of carbonyl (C=O) groups excluding carboxylic acids is 2. The first-order chi connectivity index (χ1) is 17.9. The van der Waals surface area contributed by atoms with Gasteiger partial charge in [-0.1, -0.05) is 12.1 Å². The monoisotopic (exact) mass is 507 g/mol. The summed E-state index contributed by atoms with van der Waals surface area (Å²) in [4.78, 5) is 24.5. The van der Waals surface area contributed by atoms with Crippen molar-refractivity contribution in [1.29, 1.82) is 5.26 Å². The summed E-state index contributed by atoms with van der Waals surface area (Å²) in [6.45, 7) is 0.0690. The van der Waals surface area contributed by atoms with E-state index in [9.17, 15) is 20.0 Å². The van der Waals surface area contributed by atoms with Crippen LogP contribution in [-0.4, -0.2) is 62.1 Å². The summed E-state index contributed by atoms with van der Waals surface area (Å²) in [5.74, 6) is -0.0366. The first kappa shape index (κ1) is 26.6. The maximum Gasteiger partial charge on any atom is 0.337 e. The summed E-state index contributed by atoms with van der Waals surface area (Å²) in [6, 6.07) is 13.7. The molecule has 1 fully saturated rings. The van der Waals surface area contributed by atoms with Crippen molar-refractivity contribution in [2.24, 2.45) is 0 Å². The normalized spacial score (nSPS) is 18.9. The predicted octanol–water partition coefficient (Wildman–Crippen LogP) is 2.42. The molecular weight excluding hydrogens is 474 g/mol. The Morgan fingerprint density at radius 2 is 2.05 bits per heavy atom. The van der Waals surface area contributed by atoms with Gasteiger partial charge in [0.05, 0.1) is 36.5 Å². The molecule has 1 spiro atoms. The Morgan fingerprint density at radius 3 is 2.73 bits per heavy atom. The molecule has 1 amide bonds. The summed E-state index contributed by atoms with van der Waals surface area (Å²) >= 11 is 0. The number of fused-ring (bicyclic) bond motifs is 1. The minimum atomic E-state index is -0.932. The molecule has 0 aromatic heterocycles. The molecular formula is C28H33N3O6. The van der Waals surface area contributed by atoms with Gasteiger partial charge in [0.2, 0.25) is 5.91 Å². The maximum absolute atomic E-state index is 12.3. The lowest BCUT2D eigenvalue weighted by Gasteiger charge is -2.48. The van der Waals surface area contributed by atoms with Gasteiger partial charge in [0, 0.05) is 31.7 Å². The Kier molecular flexibility index (Phi) is 8.44. The molecule has 2 aromatic rings. The van der Waals surface area contributed by atoms with Crippen molar-refractivity contribution in [3.8, 4) is 11.8 Å². The zero-order valence-electron chi connectivity index (χ0n) is 21.2. The molecule has 1 aliphatic heterocycles. The fourth-order valence-corrected chi connectivity index (χ4v) is 5.06. The van der Waals surface area contributed by atoms with Crippen LogP contribution in [0.2, 0.25) is 0 Å². The molecule has 9 heteroatoms. The van der Waals surface area contributed by atoms with Crippen LogP contribution < -0.4 is 15.4 Å². The molecule has 0 radical (unpaired) electrons. The zero-order chi connectivity index (χ0) is 26.4. The van der Waals surface area contributed by atoms with Crippen LogP contribution in [0.15, 0.2) is 42.5 Å². The predicted molar refractivity (Wildman–Crippen MR) is 135 cm³/mol. The number of hydrogen-bond donors (Lipinski definition) is 3. The van der Waals surface area contributed by atoms with Gasteiger partial charge in [0.15, 0.2) is 0 Å². The molecule has 4 rings (SSSR count). The molecule has 1 aliphatic carbocycles. The number of amides is 1. The van der Waals surface area contributed by atoms with Gasteiger partial charge in [-0.3, -0.25) is 4.79 Å². The first-order valence-corrected chi connectivity index (χ1v) is 12.5. The Labute approximate surface area is 216 Å². The lowest BCUT2D eigenvalue weighted by atomic mass is 9.72. The second-order valence-electron chi connectivity index (χ2n) is 9.74. The van der Waals surface area contributed by atoms with Crippen molar-refractivity contribution in [1.82, 2.24) is 10.6 Å². The largest absolute Gasteiger partial charge is 0.487 e. The van der Waals surface area contributed by atoms with E-state index in [1.807, 2.05) is 12.1 Å². The number of aliphatic hydroxyl groups excluding tert-OH is 1. The third kappa shape index (κ3) is 6.28. The fourth-order valence-electron chi connectivity index (χ4n) is 5.06. The van der Waals surface area contributed by atoms with Crippen molar-refractivity contribution in [2.45, 2.75) is 55.9 Å². The summed E-state index contributed by atoms with van der Waals surface area (Å²) < 4.78 is 16.2. The highest BCUT2D eigenvalue weighted by Gasteiger charge is 2.45. The lowest BCUT2D eigenvalue weighted by molar-refractivity contribution is -0.126. The number of hydrogen-bond acceptors (Lipinski definition) is 8. The number of nitriles is 1. The van der Waals surface area contributed by atoms with Crippen molar-refractivity contribution in [3.05, 3.63) is 64.7 Å². The van der Waals surface area contributed by atoms with E-state index in [4.69, 9.17) is 14.2 Å².